The van der Waals surface area contributed by atoms with Gasteiger partial charge in [-0.2, -0.15) is 0 Å². The van der Waals surface area contributed by atoms with Gasteiger partial charge in [-0.1, -0.05) is 19.1 Å². The van der Waals surface area contributed by atoms with Crippen molar-refractivity contribution in [3.63, 3.8) is 0 Å². The zero-order chi connectivity index (χ0) is 11.5. The monoisotopic (exact) mass is 214 g/mol. The van der Waals surface area contributed by atoms with Gasteiger partial charge in [-0.05, 0) is 19.3 Å². The summed E-state index contributed by atoms with van der Waals surface area (Å²) in [6, 6.07) is 0. The molecule has 0 aliphatic rings. The number of allylic oxidation sites excluding steroid dienone is 2. The predicted molar refractivity (Wildman–Crippen MR) is 56.5 cm³/mol. The van der Waals surface area contributed by atoms with Crippen molar-refractivity contribution in [2.75, 3.05) is 6.61 Å². The number of aliphatic carboxylic acids is 1. The normalized spacial score (nSPS) is 10.5. The van der Waals surface area contributed by atoms with Crippen LogP contribution in [0, 0.1) is 0 Å². The van der Waals surface area contributed by atoms with Gasteiger partial charge in [0.1, 0.15) is 0 Å². The maximum absolute atomic E-state index is 11.0. The molecule has 15 heavy (non-hydrogen) atoms. The minimum Gasteiger partial charge on any atom is -0.481 e. The molecule has 1 N–H and O–H groups in total. The summed E-state index contributed by atoms with van der Waals surface area (Å²) in [5, 5.41) is 8.35. The SMILES string of the molecule is CCCOC(=O)CC/C=C/CCC(=O)O. The third kappa shape index (κ3) is 10.6. The second-order valence-electron chi connectivity index (χ2n) is 3.16. The molecule has 0 amide bonds. The van der Waals surface area contributed by atoms with Crippen molar-refractivity contribution >= 4 is 11.9 Å². The first-order valence-corrected chi connectivity index (χ1v) is 5.19. The maximum Gasteiger partial charge on any atom is 0.306 e. The van der Waals surface area contributed by atoms with Crippen LogP contribution in [0.1, 0.15) is 39.0 Å². The van der Waals surface area contributed by atoms with Gasteiger partial charge in [0.25, 0.3) is 0 Å². The van der Waals surface area contributed by atoms with E-state index in [1.807, 2.05) is 13.0 Å². The zero-order valence-corrected chi connectivity index (χ0v) is 9.07. The molecule has 0 atom stereocenters. The number of carbonyl (C=O) groups is 2. The topological polar surface area (TPSA) is 63.6 Å². The molecule has 0 radical (unpaired) electrons. The van der Waals surface area contributed by atoms with E-state index >= 15 is 0 Å². The number of rotatable bonds is 8. The Hall–Kier alpha value is -1.32. The summed E-state index contributed by atoms with van der Waals surface area (Å²) < 4.78 is 4.87. The molecule has 0 rings (SSSR count). The number of carbonyl (C=O) groups excluding carboxylic acids is 1. The number of esters is 1. The lowest BCUT2D eigenvalue weighted by Gasteiger charge is -2.00. The van der Waals surface area contributed by atoms with Crippen molar-refractivity contribution in [1.29, 1.82) is 0 Å². The molecule has 0 saturated carbocycles. The molecule has 0 spiro atoms. The lowest BCUT2D eigenvalue weighted by molar-refractivity contribution is -0.143. The van der Waals surface area contributed by atoms with E-state index in [0.29, 0.717) is 25.9 Å². The number of hydrogen-bond acceptors (Lipinski definition) is 3. The van der Waals surface area contributed by atoms with Crippen LogP contribution < -0.4 is 0 Å². The van der Waals surface area contributed by atoms with Gasteiger partial charge in [0.15, 0.2) is 0 Å². The molecular weight excluding hydrogens is 196 g/mol. The first-order chi connectivity index (χ1) is 7.16. The third-order valence-corrected chi connectivity index (χ3v) is 1.67. The number of carboxylic acid groups (broad SMARTS) is 1. The Balaban J connectivity index is 3.36. The third-order valence-electron chi connectivity index (χ3n) is 1.67. The standard InChI is InChI=1S/C11H18O4/c1-2-9-15-11(14)8-6-4-3-5-7-10(12)13/h3-4H,2,5-9H2,1H3,(H,12,13)/b4-3+. The first kappa shape index (κ1) is 13.7. The molecule has 0 aliphatic carbocycles. The minimum absolute atomic E-state index is 0.136. The second-order valence-corrected chi connectivity index (χ2v) is 3.16. The highest BCUT2D eigenvalue weighted by Gasteiger charge is 1.99. The van der Waals surface area contributed by atoms with E-state index in [1.165, 1.54) is 0 Å². The molecule has 4 heteroatoms. The number of ether oxygens (including phenoxy) is 1. The van der Waals surface area contributed by atoms with Crippen LogP contribution >= 0.6 is 0 Å². The fourth-order valence-electron chi connectivity index (χ4n) is 0.932. The van der Waals surface area contributed by atoms with Crippen molar-refractivity contribution in [1.82, 2.24) is 0 Å². The number of hydrogen-bond donors (Lipinski definition) is 1. The van der Waals surface area contributed by atoms with Gasteiger partial charge in [0, 0.05) is 12.8 Å². The summed E-state index contributed by atoms with van der Waals surface area (Å²) in [6.45, 7) is 2.42. The van der Waals surface area contributed by atoms with Crippen LogP contribution in [0.4, 0.5) is 0 Å². The molecule has 0 aliphatic heterocycles. The van der Waals surface area contributed by atoms with Gasteiger partial charge < -0.3 is 9.84 Å². The Morgan fingerprint density at radius 2 is 1.80 bits per heavy atom. The van der Waals surface area contributed by atoms with Gasteiger partial charge in [-0.3, -0.25) is 9.59 Å². The smallest absolute Gasteiger partial charge is 0.306 e. The van der Waals surface area contributed by atoms with E-state index < -0.39 is 5.97 Å². The summed E-state index contributed by atoms with van der Waals surface area (Å²) in [7, 11) is 0. The fraction of sp³-hybridized carbons (Fsp3) is 0.636. The fourth-order valence-corrected chi connectivity index (χ4v) is 0.932. The minimum atomic E-state index is -0.804. The number of carboxylic acids is 1. The van der Waals surface area contributed by atoms with E-state index in [-0.39, 0.29) is 12.4 Å². The van der Waals surface area contributed by atoms with Crippen LogP contribution in [0.25, 0.3) is 0 Å². The highest BCUT2D eigenvalue weighted by atomic mass is 16.5. The van der Waals surface area contributed by atoms with Gasteiger partial charge in [0.2, 0.25) is 0 Å². The summed E-state index contributed by atoms with van der Waals surface area (Å²) in [5.41, 5.74) is 0. The molecule has 0 aromatic carbocycles. The maximum atomic E-state index is 11.0. The highest BCUT2D eigenvalue weighted by molar-refractivity contribution is 5.69. The average Bonchev–Trinajstić information content (AvgIpc) is 2.19. The predicted octanol–water partition coefficient (Wildman–Crippen LogP) is 2.14. The lowest BCUT2D eigenvalue weighted by Crippen LogP contribution is -2.04. The van der Waals surface area contributed by atoms with E-state index in [9.17, 15) is 9.59 Å². The Morgan fingerprint density at radius 3 is 2.33 bits per heavy atom. The molecule has 0 bridgehead atoms. The van der Waals surface area contributed by atoms with Crippen molar-refractivity contribution < 1.29 is 19.4 Å². The van der Waals surface area contributed by atoms with E-state index in [4.69, 9.17) is 9.84 Å². The molecule has 86 valence electrons. The summed E-state index contributed by atoms with van der Waals surface area (Å²) >= 11 is 0. The van der Waals surface area contributed by atoms with Gasteiger partial charge in [-0.15, -0.1) is 0 Å². The Bertz CT molecular complexity index is 221. The molecule has 0 unspecified atom stereocenters. The largest absolute Gasteiger partial charge is 0.481 e. The van der Waals surface area contributed by atoms with Crippen molar-refractivity contribution in [2.45, 2.75) is 39.0 Å². The van der Waals surface area contributed by atoms with E-state index in [2.05, 4.69) is 0 Å². The molecule has 0 heterocycles. The highest BCUT2D eigenvalue weighted by Crippen LogP contribution is 1.98. The van der Waals surface area contributed by atoms with Crippen molar-refractivity contribution in [2.24, 2.45) is 0 Å². The van der Waals surface area contributed by atoms with Crippen LogP contribution in [0.2, 0.25) is 0 Å². The Labute approximate surface area is 89.9 Å². The molecular formula is C11H18O4. The molecule has 0 aromatic heterocycles. The van der Waals surface area contributed by atoms with Gasteiger partial charge in [0.05, 0.1) is 6.61 Å². The van der Waals surface area contributed by atoms with Crippen LogP contribution in [0.15, 0.2) is 12.2 Å². The zero-order valence-electron chi connectivity index (χ0n) is 9.07. The second kappa shape index (κ2) is 9.24. The van der Waals surface area contributed by atoms with E-state index in [0.717, 1.165) is 6.42 Å². The Morgan fingerprint density at radius 1 is 1.20 bits per heavy atom. The van der Waals surface area contributed by atoms with Crippen molar-refractivity contribution in [3.8, 4) is 0 Å². The van der Waals surface area contributed by atoms with Crippen LogP contribution in [-0.4, -0.2) is 23.7 Å². The van der Waals surface area contributed by atoms with Gasteiger partial charge >= 0.3 is 11.9 Å². The first-order valence-electron chi connectivity index (χ1n) is 5.19. The van der Waals surface area contributed by atoms with Gasteiger partial charge in [-0.25, -0.2) is 0 Å². The quantitative estimate of drug-likeness (QED) is 0.496. The molecule has 4 nitrogen and oxygen atoms in total. The van der Waals surface area contributed by atoms with Crippen LogP contribution in [-0.2, 0) is 14.3 Å². The van der Waals surface area contributed by atoms with E-state index in [1.54, 1.807) is 6.08 Å². The van der Waals surface area contributed by atoms with Crippen LogP contribution in [0.5, 0.6) is 0 Å². The molecule has 0 fully saturated rings. The summed E-state index contributed by atoms with van der Waals surface area (Å²) in [6.07, 6.45) is 6.05. The summed E-state index contributed by atoms with van der Waals surface area (Å²) in [4.78, 5) is 21.1. The lowest BCUT2D eigenvalue weighted by atomic mass is 10.2. The molecule has 0 aromatic rings. The summed E-state index contributed by atoms with van der Waals surface area (Å²) in [5.74, 6) is -0.998. The average molecular weight is 214 g/mol. The van der Waals surface area contributed by atoms with Crippen LogP contribution in [0.3, 0.4) is 0 Å². The Kier molecular flexibility index (Phi) is 8.43. The van der Waals surface area contributed by atoms with Crippen molar-refractivity contribution in [3.05, 3.63) is 12.2 Å². The molecule has 0 saturated heterocycles.